The summed E-state index contributed by atoms with van der Waals surface area (Å²) in [6.07, 6.45) is 2.91. The molecule has 0 bridgehead atoms. The quantitative estimate of drug-likeness (QED) is 0.648. The van der Waals surface area contributed by atoms with Crippen LogP contribution in [-0.2, 0) is 4.74 Å². The Balaban J connectivity index is 1.99. The third-order valence-electron chi connectivity index (χ3n) is 4.89. The van der Waals surface area contributed by atoms with Crippen LogP contribution in [0.3, 0.4) is 0 Å². The standard InChI is InChI=1S/C20H19F2N5O3/c1-2-30-20(29)14-10-27(16-4-3-11(21)8-24-16)18-13(17(14)28)7-15(22)19(25-18)26-6-5-12(23)9-26/h3-4,7-8,10,12H,2,5-6,9,23H2,1H3. The Morgan fingerprint density at radius 1 is 1.37 bits per heavy atom. The molecule has 0 aromatic carbocycles. The summed E-state index contributed by atoms with van der Waals surface area (Å²) in [6.45, 7) is 2.62. The molecular formula is C20H19F2N5O3. The van der Waals surface area contributed by atoms with E-state index in [1.165, 1.54) is 22.9 Å². The third-order valence-corrected chi connectivity index (χ3v) is 4.89. The molecule has 4 heterocycles. The normalized spacial score (nSPS) is 16.3. The number of carbonyl (C=O) groups is 1. The lowest BCUT2D eigenvalue weighted by molar-refractivity contribution is 0.0524. The topological polar surface area (TPSA) is 103 Å². The first-order chi connectivity index (χ1) is 14.4. The van der Waals surface area contributed by atoms with Gasteiger partial charge in [-0.25, -0.2) is 23.5 Å². The van der Waals surface area contributed by atoms with E-state index in [0.29, 0.717) is 19.5 Å². The monoisotopic (exact) mass is 415 g/mol. The van der Waals surface area contributed by atoms with E-state index in [1.54, 1.807) is 11.8 Å². The van der Waals surface area contributed by atoms with Crippen molar-refractivity contribution in [1.29, 1.82) is 0 Å². The van der Waals surface area contributed by atoms with E-state index in [-0.39, 0.29) is 40.9 Å². The second kappa shape index (κ2) is 7.79. The summed E-state index contributed by atoms with van der Waals surface area (Å²) in [5.74, 6) is -1.85. The molecule has 4 rings (SSSR count). The Morgan fingerprint density at radius 3 is 2.80 bits per heavy atom. The van der Waals surface area contributed by atoms with Gasteiger partial charge in [-0.1, -0.05) is 0 Å². The van der Waals surface area contributed by atoms with Crippen molar-refractivity contribution in [2.75, 3.05) is 24.6 Å². The Hall–Kier alpha value is -3.40. The Bertz CT molecular complexity index is 1180. The minimum atomic E-state index is -0.852. The first-order valence-corrected chi connectivity index (χ1v) is 9.44. The summed E-state index contributed by atoms with van der Waals surface area (Å²) in [5.41, 5.74) is 5.00. The number of halogens is 2. The molecule has 156 valence electrons. The van der Waals surface area contributed by atoms with Gasteiger partial charge in [-0.15, -0.1) is 0 Å². The fourth-order valence-electron chi connectivity index (χ4n) is 3.46. The zero-order valence-electron chi connectivity index (χ0n) is 16.1. The maximum Gasteiger partial charge on any atom is 0.343 e. The summed E-state index contributed by atoms with van der Waals surface area (Å²) in [5, 5.41) is -0.114. The predicted molar refractivity (Wildman–Crippen MR) is 106 cm³/mol. The smallest absolute Gasteiger partial charge is 0.343 e. The number of nitrogens with two attached hydrogens (primary N) is 1. The van der Waals surface area contributed by atoms with E-state index in [4.69, 9.17) is 10.5 Å². The maximum absolute atomic E-state index is 14.9. The minimum absolute atomic E-state index is 0.0506. The zero-order chi connectivity index (χ0) is 21.4. The summed E-state index contributed by atoms with van der Waals surface area (Å²) < 4.78 is 34.5. The number of hydrogen-bond acceptors (Lipinski definition) is 7. The highest BCUT2D eigenvalue weighted by atomic mass is 19.1. The molecule has 2 N–H and O–H groups in total. The number of aromatic nitrogens is 3. The van der Waals surface area contributed by atoms with Gasteiger partial charge in [0.2, 0.25) is 5.43 Å². The van der Waals surface area contributed by atoms with Crippen LogP contribution in [-0.4, -0.2) is 46.2 Å². The molecule has 8 nitrogen and oxygen atoms in total. The number of pyridine rings is 3. The number of anilines is 1. The lowest BCUT2D eigenvalue weighted by atomic mass is 10.2. The molecule has 3 aromatic rings. The largest absolute Gasteiger partial charge is 0.462 e. The fourth-order valence-corrected chi connectivity index (χ4v) is 3.46. The van der Waals surface area contributed by atoms with Crippen molar-refractivity contribution in [2.45, 2.75) is 19.4 Å². The predicted octanol–water partition coefficient (Wildman–Crippen LogP) is 1.77. The molecule has 0 saturated carbocycles. The molecule has 1 aliphatic heterocycles. The molecule has 1 aliphatic rings. The van der Waals surface area contributed by atoms with Crippen molar-refractivity contribution >= 4 is 22.8 Å². The van der Waals surface area contributed by atoms with Crippen LogP contribution in [0.5, 0.6) is 0 Å². The molecule has 30 heavy (non-hydrogen) atoms. The van der Waals surface area contributed by atoms with Crippen molar-refractivity contribution in [3.8, 4) is 5.82 Å². The number of hydrogen-bond donors (Lipinski definition) is 1. The van der Waals surface area contributed by atoms with E-state index in [1.807, 2.05) is 0 Å². The van der Waals surface area contributed by atoms with Crippen LogP contribution >= 0.6 is 0 Å². The summed E-state index contributed by atoms with van der Waals surface area (Å²) in [6, 6.07) is 3.49. The van der Waals surface area contributed by atoms with Gasteiger partial charge >= 0.3 is 5.97 Å². The summed E-state index contributed by atoms with van der Waals surface area (Å²) in [4.78, 5) is 35.2. The molecule has 1 unspecified atom stereocenters. The highest BCUT2D eigenvalue weighted by Gasteiger charge is 2.26. The minimum Gasteiger partial charge on any atom is -0.462 e. The van der Waals surface area contributed by atoms with Crippen molar-refractivity contribution < 1.29 is 18.3 Å². The van der Waals surface area contributed by atoms with Crippen molar-refractivity contribution in [3.05, 3.63) is 58.0 Å². The van der Waals surface area contributed by atoms with Crippen molar-refractivity contribution in [3.63, 3.8) is 0 Å². The van der Waals surface area contributed by atoms with Crippen LogP contribution in [0.25, 0.3) is 16.9 Å². The Morgan fingerprint density at radius 2 is 2.17 bits per heavy atom. The first-order valence-electron chi connectivity index (χ1n) is 9.44. The number of nitrogens with zero attached hydrogens (tertiary/aromatic N) is 4. The van der Waals surface area contributed by atoms with Crippen LogP contribution in [0.1, 0.15) is 23.7 Å². The van der Waals surface area contributed by atoms with Crippen LogP contribution < -0.4 is 16.1 Å². The summed E-state index contributed by atoms with van der Waals surface area (Å²) in [7, 11) is 0. The van der Waals surface area contributed by atoms with E-state index in [9.17, 15) is 18.4 Å². The molecular weight excluding hydrogens is 396 g/mol. The van der Waals surface area contributed by atoms with Gasteiger partial charge in [0, 0.05) is 25.3 Å². The first kappa shape index (κ1) is 19.9. The molecule has 1 saturated heterocycles. The SMILES string of the molecule is CCOC(=O)c1cn(-c2ccc(F)cn2)c2nc(N3CCC(N)C3)c(F)cc2c1=O. The third kappa shape index (κ3) is 3.50. The number of rotatable bonds is 4. The Kier molecular flexibility index (Phi) is 5.17. The van der Waals surface area contributed by atoms with Crippen LogP contribution in [0.4, 0.5) is 14.6 Å². The molecule has 0 spiro atoms. The van der Waals surface area contributed by atoms with Gasteiger partial charge in [-0.2, -0.15) is 0 Å². The molecule has 10 heteroatoms. The molecule has 0 aliphatic carbocycles. The second-order valence-corrected chi connectivity index (χ2v) is 6.96. The van der Waals surface area contributed by atoms with Gasteiger partial charge in [0.1, 0.15) is 17.2 Å². The second-order valence-electron chi connectivity index (χ2n) is 6.96. The van der Waals surface area contributed by atoms with E-state index in [0.717, 1.165) is 12.3 Å². The van der Waals surface area contributed by atoms with Crippen LogP contribution in [0.2, 0.25) is 0 Å². The zero-order valence-corrected chi connectivity index (χ0v) is 16.1. The maximum atomic E-state index is 14.9. The van der Waals surface area contributed by atoms with Gasteiger partial charge in [0.25, 0.3) is 0 Å². The highest BCUT2D eigenvalue weighted by molar-refractivity contribution is 5.93. The average molecular weight is 415 g/mol. The lowest BCUT2D eigenvalue weighted by Crippen LogP contribution is -2.28. The average Bonchev–Trinajstić information content (AvgIpc) is 3.15. The van der Waals surface area contributed by atoms with Gasteiger partial charge in [-0.3, -0.25) is 9.36 Å². The van der Waals surface area contributed by atoms with Crippen LogP contribution in [0, 0.1) is 11.6 Å². The molecule has 1 fully saturated rings. The number of esters is 1. The Labute approximate surface area is 169 Å². The van der Waals surface area contributed by atoms with E-state index < -0.39 is 23.0 Å². The van der Waals surface area contributed by atoms with E-state index in [2.05, 4.69) is 9.97 Å². The summed E-state index contributed by atoms with van der Waals surface area (Å²) >= 11 is 0. The lowest BCUT2D eigenvalue weighted by Gasteiger charge is -2.19. The van der Waals surface area contributed by atoms with Crippen LogP contribution in [0.15, 0.2) is 35.4 Å². The van der Waals surface area contributed by atoms with Crippen molar-refractivity contribution in [1.82, 2.24) is 14.5 Å². The molecule has 0 radical (unpaired) electrons. The highest BCUT2D eigenvalue weighted by Crippen LogP contribution is 2.25. The molecule has 0 amide bonds. The number of ether oxygens (including phenoxy) is 1. The van der Waals surface area contributed by atoms with Gasteiger partial charge in [0.15, 0.2) is 17.3 Å². The molecule has 1 atom stereocenters. The van der Waals surface area contributed by atoms with Gasteiger partial charge in [0.05, 0.1) is 18.2 Å². The number of fused-ring (bicyclic) bond motifs is 1. The van der Waals surface area contributed by atoms with Gasteiger partial charge in [-0.05, 0) is 31.5 Å². The number of carbonyl (C=O) groups excluding carboxylic acids is 1. The van der Waals surface area contributed by atoms with Crippen molar-refractivity contribution in [2.24, 2.45) is 5.73 Å². The molecule has 3 aromatic heterocycles. The fraction of sp³-hybridized carbons (Fsp3) is 0.300. The van der Waals surface area contributed by atoms with Gasteiger partial charge < -0.3 is 15.4 Å². The van der Waals surface area contributed by atoms with E-state index >= 15 is 0 Å².